The van der Waals surface area contributed by atoms with E-state index in [1.54, 1.807) is 13.8 Å². The maximum Gasteiger partial charge on any atom is 0.345 e. The topological polar surface area (TPSA) is 93.8 Å². The number of nitrogens with one attached hydrogen (secondary N) is 1. The molecule has 0 fully saturated rings. The predicted molar refractivity (Wildman–Crippen MR) is 43.9 cm³/mol. The molecule has 0 atom stereocenters. The van der Waals surface area contributed by atoms with Crippen LogP contribution in [0.25, 0.3) is 0 Å². The average molecular weight is 170 g/mol. The van der Waals surface area contributed by atoms with Gasteiger partial charge in [-0.25, -0.2) is 9.48 Å². The number of nitrogens with two attached hydrogens (primary N) is 1. The molecule has 1 heterocycles. The molecular formula is C6H10N4O2. The lowest BCUT2D eigenvalue weighted by atomic mass is 10.4. The Balaban J connectivity index is 3.44. The second-order valence-electron chi connectivity index (χ2n) is 2.68. The van der Waals surface area contributed by atoms with Crippen LogP contribution < -0.4 is 17.0 Å². The van der Waals surface area contributed by atoms with Gasteiger partial charge in [-0.15, -0.1) is 5.10 Å². The fourth-order valence-corrected chi connectivity index (χ4v) is 0.775. The zero-order chi connectivity index (χ0) is 9.30. The zero-order valence-corrected chi connectivity index (χ0v) is 6.87. The molecule has 0 amide bonds. The summed E-state index contributed by atoms with van der Waals surface area (Å²) in [5.41, 5.74) is 4.03. The van der Waals surface area contributed by atoms with Crippen LogP contribution in [0.2, 0.25) is 0 Å². The van der Waals surface area contributed by atoms with Crippen LogP contribution in [-0.4, -0.2) is 14.8 Å². The fourth-order valence-electron chi connectivity index (χ4n) is 0.775. The van der Waals surface area contributed by atoms with Gasteiger partial charge < -0.3 is 5.73 Å². The molecule has 0 saturated heterocycles. The quantitative estimate of drug-likeness (QED) is 0.570. The summed E-state index contributed by atoms with van der Waals surface area (Å²) in [6.07, 6.45) is 0. The molecule has 0 aromatic carbocycles. The summed E-state index contributed by atoms with van der Waals surface area (Å²) >= 11 is 0. The summed E-state index contributed by atoms with van der Waals surface area (Å²) in [7, 11) is 0. The van der Waals surface area contributed by atoms with Gasteiger partial charge in [-0.05, 0) is 13.8 Å². The van der Waals surface area contributed by atoms with Crippen molar-refractivity contribution >= 4 is 5.82 Å². The van der Waals surface area contributed by atoms with Gasteiger partial charge in [0.2, 0.25) is 5.82 Å². The number of aromatic amines is 1. The van der Waals surface area contributed by atoms with E-state index >= 15 is 0 Å². The van der Waals surface area contributed by atoms with Crippen LogP contribution in [0.15, 0.2) is 9.59 Å². The van der Waals surface area contributed by atoms with Crippen LogP contribution in [0.5, 0.6) is 0 Å². The van der Waals surface area contributed by atoms with E-state index in [4.69, 9.17) is 5.73 Å². The van der Waals surface area contributed by atoms with Crippen LogP contribution in [-0.2, 0) is 0 Å². The first-order valence-corrected chi connectivity index (χ1v) is 3.51. The molecule has 6 heteroatoms. The summed E-state index contributed by atoms with van der Waals surface area (Å²) in [5, 5.41) is 3.61. The number of hydrogen-bond donors (Lipinski definition) is 2. The normalized spacial score (nSPS) is 10.6. The smallest absolute Gasteiger partial charge is 0.345 e. The number of nitrogen functional groups attached to an aromatic ring is 1. The molecule has 0 aliphatic heterocycles. The minimum atomic E-state index is -0.642. The Morgan fingerprint density at radius 1 is 1.50 bits per heavy atom. The van der Waals surface area contributed by atoms with Crippen LogP contribution in [0.1, 0.15) is 19.9 Å². The van der Waals surface area contributed by atoms with Gasteiger partial charge in [0.15, 0.2) is 0 Å². The highest BCUT2D eigenvalue weighted by Gasteiger charge is 2.04. The molecule has 1 aromatic heterocycles. The number of rotatable bonds is 1. The van der Waals surface area contributed by atoms with Gasteiger partial charge in [0.25, 0.3) is 5.56 Å². The van der Waals surface area contributed by atoms with Crippen molar-refractivity contribution in [2.45, 2.75) is 19.9 Å². The Bertz CT molecular complexity index is 389. The molecule has 0 aliphatic carbocycles. The molecule has 0 radical (unpaired) electrons. The van der Waals surface area contributed by atoms with Gasteiger partial charge in [-0.1, -0.05) is 0 Å². The van der Waals surface area contributed by atoms with Crippen molar-refractivity contribution in [2.24, 2.45) is 0 Å². The third-order valence-electron chi connectivity index (χ3n) is 1.37. The van der Waals surface area contributed by atoms with Crippen LogP contribution in [0.3, 0.4) is 0 Å². The largest absolute Gasteiger partial charge is 0.378 e. The lowest BCUT2D eigenvalue weighted by Gasteiger charge is -2.06. The maximum atomic E-state index is 11.0. The van der Waals surface area contributed by atoms with Crippen molar-refractivity contribution in [1.29, 1.82) is 0 Å². The third-order valence-corrected chi connectivity index (χ3v) is 1.37. The highest BCUT2D eigenvalue weighted by Crippen LogP contribution is 1.94. The van der Waals surface area contributed by atoms with E-state index in [2.05, 4.69) is 10.1 Å². The molecule has 12 heavy (non-hydrogen) atoms. The van der Waals surface area contributed by atoms with Crippen LogP contribution in [0.4, 0.5) is 5.82 Å². The zero-order valence-electron chi connectivity index (χ0n) is 6.87. The summed E-state index contributed by atoms with van der Waals surface area (Å²) in [6, 6.07) is -0.114. The SMILES string of the molecule is CC(C)n1nc(N)c(=O)[nH]c1=O. The number of anilines is 1. The number of aromatic nitrogens is 3. The van der Waals surface area contributed by atoms with Crippen molar-refractivity contribution in [1.82, 2.24) is 14.8 Å². The van der Waals surface area contributed by atoms with Gasteiger partial charge in [-0.2, -0.15) is 0 Å². The van der Waals surface area contributed by atoms with Crippen molar-refractivity contribution in [3.63, 3.8) is 0 Å². The predicted octanol–water partition coefficient (Wildman–Crippen LogP) is -0.905. The lowest BCUT2D eigenvalue weighted by molar-refractivity contribution is 0.489. The molecule has 1 rings (SSSR count). The van der Waals surface area contributed by atoms with Gasteiger partial charge >= 0.3 is 5.69 Å². The molecule has 1 aromatic rings. The number of hydrogen-bond acceptors (Lipinski definition) is 4. The van der Waals surface area contributed by atoms with Crippen LogP contribution >= 0.6 is 0 Å². The summed E-state index contributed by atoms with van der Waals surface area (Å²) in [4.78, 5) is 23.8. The highest BCUT2D eigenvalue weighted by atomic mass is 16.2. The minimum absolute atomic E-state index is 0.114. The monoisotopic (exact) mass is 170 g/mol. The molecule has 0 unspecified atom stereocenters. The molecule has 0 aliphatic rings. The average Bonchev–Trinajstić information content (AvgIpc) is 1.96. The van der Waals surface area contributed by atoms with E-state index in [-0.39, 0.29) is 11.9 Å². The van der Waals surface area contributed by atoms with E-state index in [1.165, 1.54) is 0 Å². The van der Waals surface area contributed by atoms with Gasteiger partial charge in [0.1, 0.15) is 0 Å². The van der Waals surface area contributed by atoms with E-state index in [0.717, 1.165) is 4.68 Å². The summed E-state index contributed by atoms with van der Waals surface area (Å²) in [6.45, 7) is 3.54. The molecular weight excluding hydrogens is 160 g/mol. The second kappa shape index (κ2) is 2.80. The highest BCUT2D eigenvalue weighted by molar-refractivity contribution is 5.19. The summed E-state index contributed by atoms with van der Waals surface area (Å²) < 4.78 is 1.12. The standard InChI is InChI=1S/C6H10N4O2/c1-3(2)10-6(12)8-5(11)4(7)9-10/h3H,1-2H3,(H2,7,9)(H,8,11,12). The van der Waals surface area contributed by atoms with Crippen molar-refractivity contribution < 1.29 is 0 Å². The Labute approximate surface area is 68.0 Å². The Hall–Kier alpha value is -1.59. The summed E-state index contributed by atoms with van der Waals surface area (Å²) in [5.74, 6) is -0.191. The second-order valence-corrected chi connectivity index (χ2v) is 2.68. The molecule has 66 valence electrons. The number of nitrogens with zero attached hydrogens (tertiary/aromatic N) is 2. The molecule has 3 N–H and O–H groups in total. The van der Waals surface area contributed by atoms with Gasteiger partial charge in [-0.3, -0.25) is 9.78 Å². The van der Waals surface area contributed by atoms with E-state index in [9.17, 15) is 9.59 Å². The molecule has 0 saturated carbocycles. The maximum absolute atomic E-state index is 11.0. The van der Waals surface area contributed by atoms with Crippen molar-refractivity contribution in [3.8, 4) is 0 Å². The van der Waals surface area contributed by atoms with Crippen LogP contribution in [0, 0.1) is 0 Å². The Kier molecular flexibility index (Phi) is 1.99. The number of H-pyrrole nitrogens is 1. The molecule has 0 bridgehead atoms. The van der Waals surface area contributed by atoms with Crippen molar-refractivity contribution in [3.05, 3.63) is 20.8 Å². The van der Waals surface area contributed by atoms with E-state index in [1.807, 2.05) is 0 Å². The third kappa shape index (κ3) is 1.36. The van der Waals surface area contributed by atoms with E-state index < -0.39 is 11.2 Å². The van der Waals surface area contributed by atoms with Gasteiger partial charge in [0.05, 0.1) is 6.04 Å². The van der Waals surface area contributed by atoms with E-state index in [0.29, 0.717) is 0 Å². The van der Waals surface area contributed by atoms with Crippen molar-refractivity contribution in [2.75, 3.05) is 5.73 Å². The minimum Gasteiger partial charge on any atom is -0.378 e. The first-order chi connectivity index (χ1) is 5.52. The Morgan fingerprint density at radius 3 is 2.58 bits per heavy atom. The Morgan fingerprint density at radius 2 is 2.08 bits per heavy atom. The van der Waals surface area contributed by atoms with Gasteiger partial charge in [0, 0.05) is 0 Å². The fraction of sp³-hybridized carbons (Fsp3) is 0.500. The molecule has 6 nitrogen and oxygen atoms in total. The lowest BCUT2D eigenvalue weighted by Crippen LogP contribution is -2.34. The first kappa shape index (κ1) is 8.51. The first-order valence-electron chi connectivity index (χ1n) is 3.51. The molecule has 0 spiro atoms.